The number of carbonyl (C=O) groups is 2. The smallest absolute Gasteiger partial charge is 0.408 e. The van der Waals surface area contributed by atoms with Crippen LogP contribution in [-0.2, 0) is 4.79 Å². The van der Waals surface area contributed by atoms with Crippen LogP contribution in [0.15, 0.2) is 18.2 Å². The van der Waals surface area contributed by atoms with E-state index in [4.69, 9.17) is 19.7 Å². The predicted molar refractivity (Wildman–Crippen MR) is 86.0 cm³/mol. The Morgan fingerprint density at radius 1 is 1.24 bits per heavy atom. The molecule has 1 amide bonds. The van der Waals surface area contributed by atoms with Crippen molar-refractivity contribution in [2.45, 2.75) is 25.5 Å². The van der Waals surface area contributed by atoms with Gasteiger partial charge in [0.15, 0.2) is 0 Å². The Bertz CT molecular complexity index is 818. The molecule has 0 unspecified atom stereocenters. The zero-order valence-electron chi connectivity index (χ0n) is 13.7. The molecule has 2 atom stereocenters. The number of likely N-dealkylation sites (tertiary alicyclic amines) is 1. The van der Waals surface area contributed by atoms with E-state index in [2.05, 4.69) is 9.97 Å². The molecular formula is C16H17N3O6. The lowest BCUT2D eigenvalue weighted by Gasteiger charge is -2.16. The molecule has 25 heavy (non-hydrogen) atoms. The van der Waals surface area contributed by atoms with Crippen molar-refractivity contribution in [3.8, 4) is 11.6 Å². The fourth-order valence-corrected chi connectivity index (χ4v) is 2.83. The first-order valence-corrected chi connectivity index (χ1v) is 7.60. The maximum absolute atomic E-state index is 11.2. The number of fused-ring (bicyclic) bond motifs is 1. The molecule has 2 heterocycles. The Kier molecular flexibility index (Phi) is 4.30. The van der Waals surface area contributed by atoms with Crippen LogP contribution in [0.3, 0.4) is 0 Å². The molecule has 0 radical (unpaired) electrons. The van der Waals surface area contributed by atoms with E-state index in [-0.39, 0.29) is 18.8 Å². The molecule has 132 valence electrons. The van der Waals surface area contributed by atoms with Gasteiger partial charge in [0.05, 0.1) is 24.7 Å². The molecule has 1 aliphatic rings. The number of hydrogen-bond donors (Lipinski definition) is 2. The standard InChI is InChI=1S/C16H17N3O6/c1-8-14(18-12-5-9(24-2)3-4-11(12)17-8)25-10-6-13(15(20)21)19(7-10)16(22)23/h3-5,10,13H,6-7H2,1-2H3,(H,20,21)(H,22,23)/t10-,13-/m1/s1. The van der Waals surface area contributed by atoms with Crippen LogP contribution in [0.25, 0.3) is 11.0 Å². The summed E-state index contributed by atoms with van der Waals surface area (Å²) in [7, 11) is 1.55. The number of aryl methyl sites for hydroxylation is 1. The number of benzene rings is 1. The molecule has 1 aromatic carbocycles. The summed E-state index contributed by atoms with van der Waals surface area (Å²) in [5.41, 5.74) is 1.79. The van der Waals surface area contributed by atoms with Crippen molar-refractivity contribution in [2.75, 3.05) is 13.7 Å². The summed E-state index contributed by atoms with van der Waals surface area (Å²) in [6.45, 7) is 1.69. The molecule has 0 saturated carbocycles. The van der Waals surface area contributed by atoms with Gasteiger partial charge in [-0.25, -0.2) is 19.6 Å². The molecule has 2 N–H and O–H groups in total. The first-order valence-electron chi connectivity index (χ1n) is 7.60. The quantitative estimate of drug-likeness (QED) is 0.854. The van der Waals surface area contributed by atoms with Crippen molar-refractivity contribution in [3.05, 3.63) is 23.9 Å². The summed E-state index contributed by atoms with van der Waals surface area (Å²) < 4.78 is 10.9. The molecule has 2 aromatic rings. The number of aliphatic carboxylic acids is 1. The highest BCUT2D eigenvalue weighted by Crippen LogP contribution is 2.26. The number of carboxylic acid groups (broad SMARTS) is 2. The van der Waals surface area contributed by atoms with Crippen LogP contribution in [0.5, 0.6) is 11.6 Å². The van der Waals surface area contributed by atoms with Gasteiger partial charge in [-0.05, 0) is 19.1 Å². The minimum Gasteiger partial charge on any atom is -0.497 e. The summed E-state index contributed by atoms with van der Waals surface area (Å²) in [6.07, 6.45) is -1.84. The van der Waals surface area contributed by atoms with Gasteiger partial charge in [-0.2, -0.15) is 0 Å². The second-order valence-corrected chi connectivity index (χ2v) is 5.73. The second-order valence-electron chi connectivity index (χ2n) is 5.73. The van der Waals surface area contributed by atoms with Gasteiger partial charge >= 0.3 is 12.1 Å². The number of ether oxygens (including phenoxy) is 2. The highest BCUT2D eigenvalue weighted by Gasteiger charge is 2.41. The predicted octanol–water partition coefficient (Wildman–Crippen LogP) is 1.53. The molecule has 1 aromatic heterocycles. The lowest BCUT2D eigenvalue weighted by Crippen LogP contribution is -2.39. The second kappa shape index (κ2) is 6.42. The van der Waals surface area contributed by atoms with E-state index in [1.165, 1.54) is 0 Å². The van der Waals surface area contributed by atoms with Crippen molar-refractivity contribution in [3.63, 3.8) is 0 Å². The third-order valence-electron chi connectivity index (χ3n) is 4.07. The van der Waals surface area contributed by atoms with Crippen LogP contribution in [-0.4, -0.2) is 62.9 Å². The van der Waals surface area contributed by atoms with Gasteiger partial charge in [-0.15, -0.1) is 0 Å². The van der Waals surface area contributed by atoms with Crippen molar-refractivity contribution in [1.29, 1.82) is 0 Å². The van der Waals surface area contributed by atoms with Gasteiger partial charge in [0, 0.05) is 12.5 Å². The third kappa shape index (κ3) is 3.25. The Hall–Kier alpha value is -3.10. The van der Waals surface area contributed by atoms with E-state index in [9.17, 15) is 9.59 Å². The van der Waals surface area contributed by atoms with Crippen molar-refractivity contribution >= 4 is 23.1 Å². The molecule has 1 fully saturated rings. The molecular weight excluding hydrogens is 330 g/mol. The zero-order chi connectivity index (χ0) is 18.1. The van der Waals surface area contributed by atoms with Gasteiger partial charge < -0.3 is 19.7 Å². The molecule has 1 aliphatic heterocycles. The Labute approximate surface area is 142 Å². The fourth-order valence-electron chi connectivity index (χ4n) is 2.83. The number of methoxy groups -OCH3 is 1. The molecule has 9 heteroatoms. The average Bonchev–Trinajstić information content (AvgIpc) is 2.99. The third-order valence-corrected chi connectivity index (χ3v) is 4.07. The number of amides is 1. The van der Waals surface area contributed by atoms with E-state index in [1.807, 2.05) is 0 Å². The number of carboxylic acids is 1. The van der Waals surface area contributed by atoms with Crippen LogP contribution in [0.1, 0.15) is 12.1 Å². The molecule has 0 spiro atoms. The first kappa shape index (κ1) is 16.7. The van der Waals surface area contributed by atoms with Crippen LogP contribution in [0.2, 0.25) is 0 Å². The van der Waals surface area contributed by atoms with E-state index in [1.54, 1.807) is 32.2 Å². The Balaban J connectivity index is 1.86. The van der Waals surface area contributed by atoms with E-state index in [0.717, 1.165) is 4.90 Å². The van der Waals surface area contributed by atoms with Crippen LogP contribution in [0.4, 0.5) is 4.79 Å². The van der Waals surface area contributed by atoms with Gasteiger partial charge in [0.1, 0.15) is 23.6 Å². The van der Waals surface area contributed by atoms with Crippen LogP contribution >= 0.6 is 0 Å². The van der Waals surface area contributed by atoms with Crippen molar-refractivity contribution < 1.29 is 29.3 Å². The molecule has 3 rings (SSSR count). The largest absolute Gasteiger partial charge is 0.497 e. The first-order chi connectivity index (χ1) is 11.9. The maximum atomic E-state index is 11.2. The molecule has 1 saturated heterocycles. The monoisotopic (exact) mass is 347 g/mol. The summed E-state index contributed by atoms with van der Waals surface area (Å²) in [4.78, 5) is 32.1. The van der Waals surface area contributed by atoms with E-state index in [0.29, 0.717) is 22.5 Å². The highest BCUT2D eigenvalue weighted by atomic mass is 16.5. The number of hydrogen-bond acceptors (Lipinski definition) is 6. The summed E-state index contributed by atoms with van der Waals surface area (Å²) in [5, 5.41) is 18.3. The number of nitrogens with zero attached hydrogens (tertiary/aromatic N) is 3. The van der Waals surface area contributed by atoms with Gasteiger partial charge in [-0.1, -0.05) is 0 Å². The number of rotatable bonds is 4. The summed E-state index contributed by atoms with van der Waals surface area (Å²) in [5.74, 6) is -0.317. The van der Waals surface area contributed by atoms with Gasteiger partial charge in [-0.3, -0.25) is 4.90 Å². The lowest BCUT2D eigenvalue weighted by atomic mass is 10.2. The molecule has 0 bridgehead atoms. The van der Waals surface area contributed by atoms with Crippen LogP contribution < -0.4 is 9.47 Å². The minimum absolute atomic E-state index is 0.0381. The fraction of sp³-hybridized carbons (Fsp3) is 0.375. The lowest BCUT2D eigenvalue weighted by molar-refractivity contribution is -0.141. The summed E-state index contributed by atoms with van der Waals surface area (Å²) in [6, 6.07) is 4.14. The topological polar surface area (TPSA) is 122 Å². The zero-order valence-corrected chi connectivity index (χ0v) is 13.7. The maximum Gasteiger partial charge on any atom is 0.408 e. The Morgan fingerprint density at radius 3 is 2.60 bits per heavy atom. The average molecular weight is 347 g/mol. The van der Waals surface area contributed by atoms with E-state index >= 15 is 0 Å². The van der Waals surface area contributed by atoms with E-state index < -0.39 is 24.2 Å². The van der Waals surface area contributed by atoms with Crippen molar-refractivity contribution in [1.82, 2.24) is 14.9 Å². The van der Waals surface area contributed by atoms with Gasteiger partial charge in [0.25, 0.3) is 0 Å². The molecule has 9 nitrogen and oxygen atoms in total. The molecule has 0 aliphatic carbocycles. The minimum atomic E-state index is -1.29. The summed E-state index contributed by atoms with van der Waals surface area (Å²) >= 11 is 0. The normalized spacial score (nSPS) is 19.8. The Morgan fingerprint density at radius 2 is 2.00 bits per heavy atom. The van der Waals surface area contributed by atoms with Crippen molar-refractivity contribution in [2.24, 2.45) is 0 Å². The SMILES string of the molecule is COc1ccc2nc(C)c(O[C@@H]3C[C@H](C(=O)O)N(C(=O)O)C3)nc2c1. The highest BCUT2D eigenvalue weighted by molar-refractivity contribution is 5.80. The number of aromatic nitrogens is 2. The van der Waals surface area contributed by atoms with Crippen LogP contribution in [0, 0.1) is 6.92 Å². The van der Waals surface area contributed by atoms with Gasteiger partial charge in [0.2, 0.25) is 5.88 Å².